The van der Waals surface area contributed by atoms with Gasteiger partial charge in [-0.05, 0) is 73.2 Å². The fourth-order valence-electron chi connectivity index (χ4n) is 4.41. The van der Waals surface area contributed by atoms with Crippen molar-refractivity contribution < 1.29 is 4.79 Å². The molecule has 0 radical (unpaired) electrons. The second kappa shape index (κ2) is 9.02. The molecule has 2 aromatic carbocycles. The van der Waals surface area contributed by atoms with Crippen LogP contribution in [0.25, 0.3) is 5.57 Å². The molecule has 2 aromatic rings. The summed E-state index contributed by atoms with van der Waals surface area (Å²) in [4.78, 5) is 16.2. The number of primary amides is 1. The first-order valence-electron chi connectivity index (χ1n) is 10.4. The summed E-state index contributed by atoms with van der Waals surface area (Å²) < 4.78 is 0. The van der Waals surface area contributed by atoms with Gasteiger partial charge in [0.1, 0.15) is 0 Å². The van der Waals surface area contributed by atoms with Gasteiger partial charge < -0.3 is 10.6 Å². The average Bonchev–Trinajstić information content (AvgIpc) is 2.75. The molecule has 1 aliphatic heterocycles. The highest BCUT2D eigenvalue weighted by Crippen LogP contribution is 2.33. The van der Waals surface area contributed by atoms with Crippen molar-refractivity contribution in [1.29, 1.82) is 0 Å². The van der Waals surface area contributed by atoms with Crippen LogP contribution in [0.15, 0.2) is 54.1 Å². The Labute approximate surface area is 177 Å². The molecule has 1 amide bonds. The number of hydrogen-bond acceptors (Lipinski definition) is 3. The van der Waals surface area contributed by atoms with E-state index in [4.69, 9.17) is 17.3 Å². The van der Waals surface area contributed by atoms with E-state index >= 15 is 0 Å². The van der Waals surface area contributed by atoms with Crippen molar-refractivity contribution in [2.75, 3.05) is 37.6 Å². The quantitative estimate of drug-likeness (QED) is 0.785. The minimum atomic E-state index is -0.376. The van der Waals surface area contributed by atoms with Crippen molar-refractivity contribution in [3.63, 3.8) is 0 Å². The molecule has 2 N–H and O–H groups in total. The number of allylic oxidation sites excluding steroid dienone is 1. The summed E-state index contributed by atoms with van der Waals surface area (Å²) in [7, 11) is 0. The summed E-state index contributed by atoms with van der Waals surface area (Å²) in [5, 5.41) is 0.798. The van der Waals surface area contributed by atoms with Crippen molar-refractivity contribution in [3.05, 3.63) is 70.3 Å². The van der Waals surface area contributed by atoms with Crippen LogP contribution in [0.4, 0.5) is 5.69 Å². The lowest BCUT2D eigenvalue weighted by Gasteiger charge is -2.37. The third-order valence-electron chi connectivity index (χ3n) is 6.08. The Kier molecular flexibility index (Phi) is 6.22. The molecule has 2 aliphatic rings. The lowest BCUT2D eigenvalue weighted by molar-refractivity contribution is 0.100. The molecular formula is C24H28ClN3O. The van der Waals surface area contributed by atoms with Crippen LogP contribution in [0, 0.1) is 0 Å². The Morgan fingerprint density at radius 1 is 0.897 bits per heavy atom. The fraction of sp³-hybridized carbons (Fsp3) is 0.375. The summed E-state index contributed by atoms with van der Waals surface area (Å²) in [6.45, 7) is 5.16. The third kappa shape index (κ3) is 4.82. The Bertz CT molecular complexity index is 881. The van der Waals surface area contributed by atoms with E-state index in [1.807, 2.05) is 36.4 Å². The van der Waals surface area contributed by atoms with Crippen LogP contribution in [0.5, 0.6) is 0 Å². The van der Waals surface area contributed by atoms with E-state index in [9.17, 15) is 4.79 Å². The van der Waals surface area contributed by atoms with Gasteiger partial charge in [-0.15, -0.1) is 0 Å². The van der Waals surface area contributed by atoms with Gasteiger partial charge in [0.25, 0.3) is 0 Å². The number of piperazine rings is 1. The predicted octanol–water partition coefficient (Wildman–Crippen LogP) is 4.59. The fourth-order valence-corrected chi connectivity index (χ4v) is 4.54. The van der Waals surface area contributed by atoms with Gasteiger partial charge in [-0.2, -0.15) is 0 Å². The van der Waals surface area contributed by atoms with E-state index in [0.717, 1.165) is 43.4 Å². The maximum Gasteiger partial charge on any atom is 0.248 e. The summed E-state index contributed by atoms with van der Waals surface area (Å²) in [6.07, 6.45) is 4.94. The monoisotopic (exact) mass is 409 g/mol. The molecule has 1 saturated heterocycles. The van der Waals surface area contributed by atoms with Gasteiger partial charge in [0.15, 0.2) is 0 Å². The second-order valence-corrected chi connectivity index (χ2v) is 8.41. The van der Waals surface area contributed by atoms with Crippen LogP contribution in [0.2, 0.25) is 5.02 Å². The van der Waals surface area contributed by atoms with Crippen molar-refractivity contribution in [3.8, 4) is 0 Å². The minimum absolute atomic E-state index is 0.376. The molecule has 1 aliphatic carbocycles. The van der Waals surface area contributed by atoms with Crippen molar-refractivity contribution in [2.45, 2.75) is 25.7 Å². The Hall–Kier alpha value is -2.30. The number of anilines is 1. The summed E-state index contributed by atoms with van der Waals surface area (Å²) >= 11 is 6.08. The molecular weight excluding hydrogens is 382 g/mol. The molecule has 1 heterocycles. The first kappa shape index (κ1) is 20.0. The van der Waals surface area contributed by atoms with Crippen LogP contribution in [-0.2, 0) is 0 Å². The first-order chi connectivity index (χ1) is 14.1. The SMILES string of the molecule is NC(=O)c1ccc(N2CCN(CC3=C(c4ccc(Cl)cc4)CCCC3)CC2)cc1. The van der Waals surface area contributed by atoms with Crippen molar-refractivity contribution in [2.24, 2.45) is 5.73 Å². The highest BCUT2D eigenvalue weighted by atomic mass is 35.5. The summed E-state index contributed by atoms with van der Waals surface area (Å²) in [6, 6.07) is 15.9. The van der Waals surface area contributed by atoms with Crippen LogP contribution in [0.1, 0.15) is 41.6 Å². The maximum atomic E-state index is 11.3. The third-order valence-corrected chi connectivity index (χ3v) is 6.33. The molecule has 4 nitrogen and oxygen atoms in total. The molecule has 0 aromatic heterocycles. The molecule has 5 heteroatoms. The highest BCUT2D eigenvalue weighted by molar-refractivity contribution is 6.30. The molecule has 0 unspecified atom stereocenters. The van der Waals surface area contributed by atoms with Gasteiger partial charge in [-0.25, -0.2) is 0 Å². The summed E-state index contributed by atoms with van der Waals surface area (Å²) in [5.41, 5.74) is 11.5. The molecule has 152 valence electrons. The van der Waals surface area contributed by atoms with E-state index in [0.29, 0.717) is 5.56 Å². The van der Waals surface area contributed by atoms with Crippen molar-refractivity contribution in [1.82, 2.24) is 4.90 Å². The van der Waals surface area contributed by atoms with E-state index < -0.39 is 0 Å². The topological polar surface area (TPSA) is 49.6 Å². The number of nitrogens with zero attached hydrogens (tertiary/aromatic N) is 2. The number of amides is 1. The number of carbonyl (C=O) groups excluding carboxylic acids is 1. The standard InChI is InChI=1S/C24H28ClN3O/c25-21-9-5-18(6-10-21)23-4-2-1-3-20(23)17-27-13-15-28(16-14-27)22-11-7-19(8-12-22)24(26)29/h5-12H,1-4,13-17H2,(H2,26,29). The van der Waals surface area contributed by atoms with Crippen LogP contribution >= 0.6 is 11.6 Å². The minimum Gasteiger partial charge on any atom is -0.369 e. The maximum absolute atomic E-state index is 11.3. The van der Waals surface area contributed by atoms with Crippen molar-refractivity contribution >= 4 is 28.8 Å². The lowest BCUT2D eigenvalue weighted by Crippen LogP contribution is -2.47. The zero-order chi connectivity index (χ0) is 20.2. The lowest BCUT2D eigenvalue weighted by atomic mass is 9.87. The Morgan fingerprint density at radius 3 is 2.21 bits per heavy atom. The molecule has 0 spiro atoms. The molecule has 4 rings (SSSR count). The van der Waals surface area contributed by atoms with E-state index in [1.54, 1.807) is 5.57 Å². The van der Waals surface area contributed by atoms with Gasteiger partial charge in [-0.3, -0.25) is 9.69 Å². The number of carbonyl (C=O) groups is 1. The molecule has 1 fully saturated rings. The Morgan fingerprint density at radius 2 is 1.55 bits per heavy atom. The van der Waals surface area contributed by atoms with E-state index in [2.05, 4.69) is 21.9 Å². The van der Waals surface area contributed by atoms with Crippen LogP contribution in [0.3, 0.4) is 0 Å². The number of nitrogens with two attached hydrogens (primary N) is 1. The van der Waals surface area contributed by atoms with Gasteiger partial charge in [0.05, 0.1) is 0 Å². The number of benzene rings is 2. The van der Waals surface area contributed by atoms with Gasteiger partial charge >= 0.3 is 0 Å². The van der Waals surface area contributed by atoms with Crippen LogP contribution in [-0.4, -0.2) is 43.5 Å². The largest absolute Gasteiger partial charge is 0.369 e. The molecule has 0 atom stereocenters. The average molecular weight is 410 g/mol. The predicted molar refractivity (Wildman–Crippen MR) is 120 cm³/mol. The normalized spacial score (nSPS) is 18.2. The zero-order valence-electron chi connectivity index (χ0n) is 16.7. The first-order valence-corrected chi connectivity index (χ1v) is 10.8. The smallest absolute Gasteiger partial charge is 0.248 e. The molecule has 0 saturated carbocycles. The number of rotatable bonds is 5. The van der Waals surface area contributed by atoms with Crippen LogP contribution < -0.4 is 10.6 Å². The second-order valence-electron chi connectivity index (χ2n) is 7.97. The molecule has 0 bridgehead atoms. The van der Waals surface area contributed by atoms with Gasteiger partial charge in [0, 0.05) is 49.0 Å². The zero-order valence-corrected chi connectivity index (χ0v) is 17.5. The number of hydrogen-bond donors (Lipinski definition) is 1. The molecule has 29 heavy (non-hydrogen) atoms. The van der Waals surface area contributed by atoms with Gasteiger partial charge in [0.2, 0.25) is 5.91 Å². The Balaban J connectivity index is 1.40. The summed E-state index contributed by atoms with van der Waals surface area (Å²) in [5.74, 6) is -0.376. The van der Waals surface area contributed by atoms with E-state index in [1.165, 1.54) is 36.8 Å². The van der Waals surface area contributed by atoms with E-state index in [-0.39, 0.29) is 5.91 Å². The number of halogens is 1. The highest BCUT2D eigenvalue weighted by Gasteiger charge is 2.21. The van der Waals surface area contributed by atoms with Gasteiger partial charge in [-0.1, -0.05) is 29.3 Å².